The first kappa shape index (κ1) is 34.0. The number of nitrogens with zero attached hydrogens (tertiary/aromatic N) is 6. The number of halogens is 5. The zero-order valence-electron chi connectivity index (χ0n) is 27.5. The molecule has 0 spiro atoms. The van der Waals surface area contributed by atoms with Crippen LogP contribution in [-0.2, 0) is 33.7 Å². The molecule has 3 atom stereocenters. The zero-order chi connectivity index (χ0) is 35.9. The molecule has 2 aliphatic rings. The number of rotatable bonds is 8. The van der Waals surface area contributed by atoms with Crippen LogP contribution in [0.5, 0.6) is 0 Å². The van der Waals surface area contributed by atoms with E-state index in [9.17, 15) is 27.6 Å². The van der Waals surface area contributed by atoms with E-state index in [1.807, 2.05) is 6.92 Å². The van der Waals surface area contributed by atoms with Crippen LogP contribution in [0.25, 0.3) is 27.7 Å². The number of anilines is 1. The Hall–Kier alpha value is -4.45. The fraction of sp³-hybridized carbons (Fsp3) is 0.353. The summed E-state index contributed by atoms with van der Waals surface area (Å²) in [6, 6.07) is 6.09. The molecule has 1 N–H and O–H groups in total. The van der Waals surface area contributed by atoms with Crippen LogP contribution in [0.1, 0.15) is 53.3 Å². The van der Waals surface area contributed by atoms with Gasteiger partial charge in [0.25, 0.3) is 0 Å². The average Bonchev–Trinajstić information content (AvgIpc) is 3.30. The molecular formula is C34H31F4IN7O4-. The van der Waals surface area contributed by atoms with Gasteiger partial charge in [-0.3, -0.25) is 0 Å². The number of ketones is 1. The van der Waals surface area contributed by atoms with Crippen LogP contribution >= 0.6 is 0 Å². The van der Waals surface area contributed by atoms with Gasteiger partial charge < -0.3 is 0 Å². The van der Waals surface area contributed by atoms with E-state index in [0.717, 1.165) is 6.07 Å². The van der Waals surface area contributed by atoms with Crippen LogP contribution in [0.2, 0.25) is 0 Å². The molecule has 2 fully saturated rings. The summed E-state index contributed by atoms with van der Waals surface area (Å²) in [5.74, 6) is -1.62. The summed E-state index contributed by atoms with van der Waals surface area (Å²) >= 11 is -0.471. The molecule has 1 aromatic carbocycles. The summed E-state index contributed by atoms with van der Waals surface area (Å²) in [6.45, 7) is 6.34. The van der Waals surface area contributed by atoms with Crippen LogP contribution in [0.4, 0.5) is 23.4 Å². The number of carbonyl (C=O) groups is 3. The minimum atomic E-state index is -4.74. The van der Waals surface area contributed by atoms with Gasteiger partial charge in [0.05, 0.1) is 0 Å². The number of nitrogens with one attached hydrogen (secondary N) is 1. The quantitative estimate of drug-likeness (QED) is 0.0841. The first-order valence-electron chi connectivity index (χ1n) is 15.6. The standard InChI is InChI=1S/C34H31F4IN7O4/c1-16-28(35)21(19-7-9-26-40-18(3)43-45(26)12-19)10-22-23(17(2)47)13-44(29(16)22)14-27(48)46-24(11-33(4)32(46)39-33)31(49)42-30-20(15-50-5)6-8-25(41-30)34(36,37)38/h6-10,12-13,24,32H,11,14-15H2,1-5H3,(H,41,42,49)/q-1/t24-,32-,33+/m0/s1. The van der Waals surface area contributed by atoms with E-state index < -0.39 is 56.7 Å². The van der Waals surface area contributed by atoms with Crippen LogP contribution < -0.4 is 26.5 Å². The zero-order valence-corrected chi connectivity index (χ0v) is 29.7. The molecule has 16 heteroatoms. The summed E-state index contributed by atoms with van der Waals surface area (Å²) in [5.41, 5.74) is 1.35. The van der Waals surface area contributed by atoms with Crippen molar-refractivity contribution in [1.82, 2.24) is 29.0 Å². The first-order chi connectivity index (χ1) is 23.6. The molecule has 6 heterocycles. The number of alkyl halides is 5. The molecule has 0 radical (unpaired) electrons. The van der Waals surface area contributed by atoms with Crippen LogP contribution in [0, 0.1) is 19.7 Å². The van der Waals surface area contributed by atoms with E-state index in [-0.39, 0.29) is 48.9 Å². The predicted octanol–water partition coefficient (Wildman–Crippen LogP) is 2.30. The summed E-state index contributed by atoms with van der Waals surface area (Å²) in [7, 11) is 1.37. The molecule has 262 valence electrons. The van der Waals surface area contributed by atoms with Gasteiger partial charge in [-0.15, -0.1) is 0 Å². The van der Waals surface area contributed by atoms with Gasteiger partial charge in [-0.1, -0.05) is 0 Å². The van der Waals surface area contributed by atoms with Gasteiger partial charge in [0.2, 0.25) is 0 Å². The Kier molecular flexibility index (Phi) is 8.24. The fourth-order valence-electron chi connectivity index (χ4n) is 6.71. The number of aromatic nitrogens is 5. The molecule has 0 unspecified atom stereocenters. The third kappa shape index (κ3) is 5.80. The van der Waals surface area contributed by atoms with Crippen LogP contribution in [0.15, 0.2) is 42.7 Å². The summed E-state index contributed by atoms with van der Waals surface area (Å²) in [6.07, 6.45) is -1.20. The molecule has 2 saturated heterocycles. The first-order valence-corrected chi connectivity index (χ1v) is 17.9. The number of ether oxygens (including phenoxy) is 1. The number of amides is 2. The van der Waals surface area contributed by atoms with E-state index in [1.54, 1.807) is 42.8 Å². The molecule has 0 aliphatic carbocycles. The number of likely N-dealkylation sites (tertiary alicyclic amines) is 1. The molecule has 0 bridgehead atoms. The molecule has 11 nitrogen and oxygen atoms in total. The van der Waals surface area contributed by atoms with E-state index in [4.69, 9.17) is 4.74 Å². The topological polar surface area (TPSA) is 124 Å². The minimum absolute atomic E-state index is 0.0918. The molecule has 7 rings (SSSR count). The number of carbonyl (C=O) groups excluding carboxylic acids is 3. The molecule has 5 aromatic rings. The van der Waals surface area contributed by atoms with Gasteiger partial charge in [0.1, 0.15) is 5.82 Å². The Bertz CT molecular complexity index is 2250. The maximum absolute atomic E-state index is 16.2. The number of hydrogen-bond donors (Lipinski definition) is 1. The molecule has 2 amide bonds. The van der Waals surface area contributed by atoms with Gasteiger partial charge >= 0.3 is 266 Å². The molecular weight excluding hydrogens is 773 g/mol. The number of aryl methyl sites for hydroxylation is 2. The van der Waals surface area contributed by atoms with Gasteiger partial charge in [-0.2, -0.15) is 5.10 Å². The van der Waals surface area contributed by atoms with E-state index in [1.165, 1.54) is 35.8 Å². The Morgan fingerprint density at radius 3 is 2.58 bits per heavy atom. The van der Waals surface area contributed by atoms with Crippen molar-refractivity contribution in [2.24, 2.45) is 0 Å². The second kappa shape index (κ2) is 12.1. The third-order valence-electron chi connectivity index (χ3n) is 9.13. The maximum atomic E-state index is 16.2. The Morgan fingerprint density at radius 1 is 1.12 bits per heavy atom. The van der Waals surface area contributed by atoms with E-state index in [0.29, 0.717) is 39.9 Å². The fourth-order valence-corrected chi connectivity index (χ4v) is 10.1. The van der Waals surface area contributed by atoms with Crippen molar-refractivity contribution in [3.63, 3.8) is 0 Å². The van der Waals surface area contributed by atoms with Crippen LogP contribution in [-0.4, -0.2) is 67.3 Å². The number of pyridine rings is 2. The van der Waals surface area contributed by atoms with Crippen molar-refractivity contribution < 1.29 is 57.9 Å². The normalized spacial score (nSPS) is 20.2. The van der Waals surface area contributed by atoms with Crippen LogP contribution in [0.3, 0.4) is 0 Å². The number of Topliss-reactive ketones (excluding diaryl/α,β-unsaturated/α-hetero) is 1. The monoisotopic (exact) mass is 804 g/mol. The van der Waals surface area contributed by atoms with Gasteiger partial charge in [0, 0.05) is 0 Å². The van der Waals surface area contributed by atoms with Crippen molar-refractivity contribution in [2.75, 3.05) is 12.4 Å². The molecule has 4 aromatic heterocycles. The van der Waals surface area contributed by atoms with Crippen molar-refractivity contribution >= 4 is 40.0 Å². The number of methoxy groups -OCH3 is 1. The summed E-state index contributed by atoms with van der Waals surface area (Å²) in [5, 5.41) is 7.32. The number of fused-ring (bicyclic) bond motifs is 3. The molecule has 2 aliphatic heterocycles. The van der Waals surface area contributed by atoms with Gasteiger partial charge in [-0.05, 0) is 6.92 Å². The van der Waals surface area contributed by atoms with Gasteiger partial charge in [0.15, 0.2) is 5.65 Å². The van der Waals surface area contributed by atoms with Gasteiger partial charge in [-0.25, -0.2) is 4.98 Å². The van der Waals surface area contributed by atoms with E-state index >= 15 is 4.39 Å². The Balaban J connectivity index is 1.22. The average molecular weight is 805 g/mol. The number of hydrogen-bond acceptors (Lipinski definition) is 7. The molecule has 0 saturated carbocycles. The second-order valence-electron chi connectivity index (χ2n) is 12.7. The summed E-state index contributed by atoms with van der Waals surface area (Å²) in [4.78, 5) is 50.2. The van der Waals surface area contributed by atoms with Crippen molar-refractivity contribution in [3.05, 3.63) is 76.8 Å². The molecule has 50 heavy (non-hydrogen) atoms. The predicted molar refractivity (Wildman–Crippen MR) is 169 cm³/mol. The third-order valence-corrected chi connectivity index (χ3v) is 13.5. The Morgan fingerprint density at radius 2 is 1.88 bits per heavy atom. The summed E-state index contributed by atoms with van der Waals surface area (Å²) < 4.78 is 64.4. The number of benzene rings is 1. The SMILES string of the molecule is COCc1ccc(C(F)(F)F)nc1NC(=O)[C@@H]1C[C@@]2(C)[I-][C@H]2N1C(=O)Cn1cc(C(C)=O)c2cc(-c3ccc4nc(C)nn4c3)c(F)c(C)c21. The van der Waals surface area contributed by atoms with Crippen molar-refractivity contribution in [2.45, 2.75) is 67.0 Å². The Labute approximate surface area is 293 Å². The van der Waals surface area contributed by atoms with E-state index in [2.05, 4.69) is 20.4 Å². The van der Waals surface area contributed by atoms with Crippen molar-refractivity contribution in [1.29, 1.82) is 0 Å². The van der Waals surface area contributed by atoms with Crippen molar-refractivity contribution in [3.8, 4) is 11.1 Å². The second-order valence-corrected chi connectivity index (χ2v) is 17.0.